The molecular formula is C19H16BrN5O2. The summed E-state index contributed by atoms with van der Waals surface area (Å²) >= 11 is 0. The number of benzene rings is 3. The first-order valence-electron chi connectivity index (χ1n) is 8.10. The molecule has 0 bridgehead atoms. The van der Waals surface area contributed by atoms with Gasteiger partial charge in [0, 0.05) is 12.1 Å². The quantitative estimate of drug-likeness (QED) is 0.353. The Kier molecular flexibility index (Phi) is 5.49. The molecule has 0 unspecified atom stereocenters. The Labute approximate surface area is 166 Å². The lowest BCUT2D eigenvalue weighted by Crippen LogP contribution is -3.00. The van der Waals surface area contributed by atoms with Gasteiger partial charge in [0.05, 0.1) is 16.2 Å². The van der Waals surface area contributed by atoms with Crippen LogP contribution in [0.1, 0.15) is 5.56 Å². The second-order valence-corrected chi connectivity index (χ2v) is 5.73. The number of nitrogens with zero attached hydrogens (tertiary/aromatic N) is 4. The second-order valence-electron chi connectivity index (χ2n) is 5.73. The molecule has 8 heteroatoms. The van der Waals surface area contributed by atoms with E-state index >= 15 is 0 Å². The van der Waals surface area contributed by atoms with Crippen LogP contribution in [-0.2, 0) is 0 Å². The van der Waals surface area contributed by atoms with Gasteiger partial charge in [-0.15, -0.1) is 10.2 Å². The van der Waals surface area contributed by atoms with E-state index in [2.05, 4.69) is 5.10 Å². The Bertz CT molecular complexity index is 966. The van der Waals surface area contributed by atoms with Gasteiger partial charge in [-0.05, 0) is 30.3 Å². The third-order valence-corrected chi connectivity index (χ3v) is 4.01. The highest BCUT2D eigenvalue weighted by molar-refractivity contribution is 5.93. The molecule has 0 atom stereocenters. The van der Waals surface area contributed by atoms with Crippen LogP contribution in [0, 0.1) is 10.1 Å². The summed E-state index contributed by atoms with van der Waals surface area (Å²) in [5.41, 5.74) is 4.45. The molecule has 0 aliphatic carbocycles. The normalized spacial score (nSPS) is 13.1. The Morgan fingerprint density at radius 1 is 0.852 bits per heavy atom. The first-order valence-corrected chi connectivity index (χ1v) is 8.10. The molecule has 0 radical (unpaired) electrons. The van der Waals surface area contributed by atoms with Gasteiger partial charge in [0.2, 0.25) is 0 Å². The van der Waals surface area contributed by atoms with Crippen LogP contribution < -0.4 is 32.6 Å². The maximum atomic E-state index is 11.1. The number of hydrogen-bond acceptors (Lipinski definition) is 5. The van der Waals surface area contributed by atoms with Gasteiger partial charge in [-0.3, -0.25) is 10.1 Å². The van der Waals surface area contributed by atoms with Crippen molar-refractivity contribution in [2.75, 3.05) is 10.2 Å². The van der Waals surface area contributed by atoms with Crippen molar-refractivity contribution in [3.8, 4) is 0 Å². The van der Waals surface area contributed by atoms with Crippen molar-refractivity contribution in [2.45, 2.75) is 0 Å². The van der Waals surface area contributed by atoms with E-state index in [1.54, 1.807) is 17.3 Å². The minimum Gasteiger partial charge on any atom is -1.00 e. The van der Waals surface area contributed by atoms with Gasteiger partial charge >= 0.3 is 0 Å². The highest BCUT2D eigenvalue weighted by Gasteiger charge is 2.31. The number of non-ortho nitro benzene ring substituents is 1. The smallest absolute Gasteiger partial charge is 0.277 e. The summed E-state index contributed by atoms with van der Waals surface area (Å²) in [6.45, 7) is 0. The number of hydrogen-bond donors (Lipinski definition) is 1. The van der Waals surface area contributed by atoms with E-state index in [-0.39, 0.29) is 22.7 Å². The number of nitro benzene ring substituents is 1. The lowest BCUT2D eigenvalue weighted by Gasteiger charge is -2.23. The Hall–Kier alpha value is -3.23. The molecule has 0 spiro atoms. The number of amidine groups is 1. The van der Waals surface area contributed by atoms with Crippen molar-refractivity contribution in [1.82, 2.24) is 0 Å². The zero-order valence-corrected chi connectivity index (χ0v) is 15.7. The van der Waals surface area contributed by atoms with Crippen LogP contribution in [0.2, 0.25) is 0 Å². The first kappa shape index (κ1) is 18.6. The number of quaternary nitrogens is 1. The van der Waals surface area contributed by atoms with Crippen LogP contribution in [0.15, 0.2) is 90.0 Å². The first-order chi connectivity index (χ1) is 12.7. The number of nitrogens with two attached hydrogens (primary N) is 1. The average Bonchev–Trinajstić information content (AvgIpc) is 3.15. The molecule has 1 heterocycles. The minimum absolute atomic E-state index is 0. The van der Waals surface area contributed by atoms with E-state index in [1.165, 1.54) is 12.1 Å². The van der Waals surface area contributed by atoms with Crippen LogP contribution in [-0.4, -0.2) is 10.8 Å². The molecule has 0 amide bonds. The SMILES string of the molecule is O=[N+]([O-])c1cccc(N2N=C(c3ccccc3)[NH2+]N2c2ccccc2)c1.[Br-]. The fourth-order valence-corrected chi connectivity index (χ4v) is 2.77. The van der Waals surface area contributed by atoms with Crippen molar-refractivity contribution >= 4 is 22.9 Å². The summed E-state index contributed by atoms with van der Waals surface area (Å²) in [6.07, 6.45) is 0. The molecule has 7 nitrogen and oxygen atoms in total. The second kappa shape index (κ2) is 7.98. The van der Waals surface area contributed by atoms with Gasteiger partial charge in [0.25, 0.3) is 11.5 Å². The summed E-state index contributed by atoms with van der Waals surface area (Å²) in [7, 11) is 0. The van der Waals surface area contributed by atoms with E-state index in [4.69, 9.17) is 0 Å². The molecule has 0 fully saturated rings. The zero-order chi connectivity index (χ0) is 17.9. The van der Waals surface area contributed by atoms with Gasteiger partial charge < -0.3 is 17.0 Å². The Morgan fingerprint density at radius 2 is 1.48 bits per heavy atom. The summed E-state index contributed by atoms with van der Waals surface area (Å²) in [4.78, 5) is 10.7. The number of rotatable bonds is 4. The van der Waals surface area contributed by atoms with Gasteiger partial charge in [-0.2, -0.15) is 5.43 Å². The monoisotopic (exact) mass is 425 g/mol. The number of halogens is 1. The van der Waals surface area contributed by atoms with Crippen molar-refractivity contribution in [3.63, 3.8) is 0 Å². The predicted molar refractivity (Wildman–Crippen MR) is 99.4 cm³/mol. The van der Waals surface area contributed by atoms with Crippen LogP contribution in [0.5, 0.6) is 0 Å². The topological polar surface area (TPSA) is 78.6 Å². The van der Waals surface area contributed by atoms with Crippen LogP contribution >= 0.6 is 0 Å². The highest BCUT2D eigenvalue weighted by atomic mass is 79.9. The van der Waals surface area contributed by atoms with Crippen molar-refractivity contribution in [1.29, 1.82) is 0 Å². The van der Waals surface area contributed by atoms with Crippen LogP contribution in [0.3, 0.4) is 0 Å². The summed E-state index contributed by atoms with van der Waals surface area (Å²) in [6, 6.07) is 26.0. The molecule has 0 saturated carbocycles. The molecule has 3 aromatic carbocycles. The third kappa shape index (κ3) is 3.81. The standard InChI is InChI=1S/C19H15N5O2.BrH/c25-24(26)18-13-7-12-17(14-18)23-21-19(15-8-3-1-4-9-15)20-22(23)16-10-5-2-6-11-16;/h1-14H,(H,20,21);1H. The molecule has 27 heavy (non-hydrogen) atoms. The zero-order valence-electron chi connectivity index (χ0n) is 14.1. The summed E-state index contributed by atoms with van der Waals surface area (Å²) in [5, 5.41) is 19.4. The van der Waals surface area contributed by atoms with E-state index in [0.29, 0.717) is 5.69 Å². The highest BCUT2D eigenvalue weighted by Crippen LogP contribution is 2.26. The maximum absolute atomic E-state index is 11.1. The largest absolute Gasteiger partial charge is 1.00 e. The van der Waals surface area contributed by atoms with Gasteiger partial charge in [-0.1, -0.05) is 47.6 Å². The number of hydrazone groups is 1. The molecular weight excluding hydrogens is 410 g/mol. The lowest BCUT2D eigenvalue weighted by molar-refractivity contribution is -0.545. The van der Waals surface area contributed by atoms with Gasteiger partial charge in [0.15, 0.2) is 0 Å². The maximum Gasteiger partial charge on any atom is 0.277 e. The number of para-hydroxylation sites is 1. The fraction of sp³-hybridized carbons (Fsp3) is 0. The van der Waals surface area contributed by atoms with Gasteiger partial charge in [0.1, 0.15) is 5.69 Å². The summed E-state index contributed by atoms with van der Waals surface area (Å²) in [5.74, 6) is 0.779. The van der Waals surface area contributed by atoms with Gasteiger partial charge in [-0.25, -0.2) is 0 Å². The molecule has 3 aromatic rings. The predicted octanol–water partition coefficient (Wildman–Crippen LogP) is -0.319. The van der Waals surface area contributed by atoms with Crippen LogP contribution in [0.4, 0.5) is 17.1 Å². The van der Waals surface area contributed by atoms with Crippen molar-refractivity contribution in [2.24, 2.45) is 5.10 Å². The Balaban J connectivity index is 0.00000210. The van der Waals surface area contributed by atoms with E-state index in [9.17, 15) is 10.1 Å². The van der Waals surface area contributed by atoms with E-state index in [0.717, 1.165) is 17.1 Å². The van der Waals surface area contributed by atoms with Crippen molar-refractivity contribution < 1.29 is 27.3 Å². The molecule has 2 N–H and O–H groups in total. The summed E-state index contributed by atoms with van der Waals surface area (Å²) < 4.78 is 0. The lowest BCUT2D eigenvalue weighted by atomic mass is 10.2. The molecule has 0 saturated heterocycles. The Morgan fingerprint density at radius 3 is 2.15 bits per heavy atom. The van der Waals surface area contributed by atoms with E-state index < -0.39 is 4.92 Å². The molecule has 4 rings (SSSR count). The number of nitro groups is 1. The molecule has 136 valence electrons. The van der Waals surface area contributed by atoms with E-state index in [1.807, 2.05) is 71.2 Å². The number of hydrazine groups is 1. The fourth-order valence-electron chi connectivity index (χ4n) is 2.77. The minimum atomic E-state index is -0.405. The van der Waals surface area contributed by atoms with Crippen molar-refractivity contribution in [3.05, 3.63) is 101 Å². The molecule has 1 aliphatic heterocycles. The third-order valence-electron chi connectivity index (χ3n) is 4.01. The van der Waals surface area contributed by atoms with Crippen LogP contribution in [0.25, 0.3) is 0 Å². The molecule has 0 aromatic heterocycles. The average molecular weight is 426 g/mol. The molecule has 1 aliphatic rings. The number of anilines is 2.